The molecule has 0 atom stereocenters. The van der Waals surface area contributed by atoms with Crippen molar-refractivity contribution in [1.29, 1.82) is 0 Å². The number of nitrogens with zero attached hydrogens (tertiary/aromatic N) is 1. The monoisotopic (exact) mass is 355 g/mol. The molecule has 2 rings (SSSR count). The number of hydrogen-bond acceptors (Lipinski definition) is 3. The molecule has 1 aromatic rings. The van der Waals surface area contributed by atoms with Gasteiger partial charge in [-0.3, -0.25) is 4.90 Å². The molecule has 7 heteroatoms. The van der Waals surface area contributed by atoms with E-state index in [1.807, 2.05) is 6.92 Å². The molecule has 140 valence electrons. The first-order valence-electron chi connectivity index (χ1n) is 8.87. The number of rotatable bonds is 8. The number of halogens is 2. The number of urea groups is 1. The highest BCUT2D eigenvalue weighted by Crippen LogP contribution is 2.15. The summed E-state index contributed by atoms with van der Waals surface area (Å²) in [6.45, 7) is 6.10. The van der Waals surface area contributed by atoms with Gasteiger partial charge in [-0.1, -0.05) is 6.07 Å². The average molecular weight is 355 g/mol. The number of piperidine rings is 1. The molecule has 1 aromatic carbocycles. The van der Waals surface area contributed by atoms with E-state index >= 15 is 0 Å². The van der Waals surface area contributed by atoms with Crippen molar-refractivity contribution in [2.24, 2.45) is 0 Å². The minimum Gasteiger partial charge on any atom is -0.382 e. The van der Waals surface area contributed by atoms with Crippen LogP contribution < -0.4 is 10.6 Å². The van der Waals surface area contributed by atoms with Gasteiger partial charge in [-0.15, -0.1) is 0 Å². The minimum atomic E-state index is -0.820. The summed E-state index contributed by atoms with van der Waals surface area (Å²) in [4.78, 5) is 14.0. The summed E-state index contributed by atoms with van der Waals surface area (Å²) >= 11 is 0. The topological polar surface area (TPSA) is 53.6 Å². The van der Waals surface area contributed by atoms with Gasteiger partial charge in [0.05, 0.1) is 0 Å². The fourth-order valence-corrected chi connectivity index (χ4v) is 2.89. The van der Waals surface area contributed by atoms with E-state index in [9.17, 15) is 13.6 Å². The maximum atomic E-state index is 13.3. The van der Waals surface area contributed by atoms with Crippen LogP contribution in [-0.2, 0) is 11.3 Å². The standard InChI is InChI=1S/C18H27F2N3O2/c1-2-25-11-3-8-21-18(24)22-15-6-9-23(10-7-15)13-14-4-5-16(19)17(20)12-14/h4-5,12,15H,2-3,6-11,13H2,1H3,(H2,21,22,24). The van der Waals surface area contributed by atoms with Crippen LogP contribution in [0.2, 0.25) is 0 Å². The van der Waals surface area contributed by atoms with Crippen LogP contribution >= 0.6 is 0 Å². The van der Waals surface area contributed by atoms with E-state index in [0.29, 0.717) is 26.3 Å². The summed E-state index contributed by atoms with van der Waals surface area (Å²) in [7, 11) is 0. The number of hydrogen-bond donors (Lipinski definition) is 2. The van der Waals surface area contributed by atoms with Gasteiger partial charge in [0.2, 0.25) is 0 Å². The third kappa shape index (κ3) is 6.96. The first-order chi connectivity index (χ1) is 12.1. The zero-order valence-electron chi connectivity index (χ0n) is 14.7. The SMILES string of the molecule is CCOCCCNC(=O)NC1CCN(Cc2ccc(F)c(F)c2)CC1. The van der Waals surface area contributed by atoms with Crippen molar-refractivity contribution < 1.29 is 18.3 Å². The average Bonchev–Trinajstić information content (AvgIpc) is 2.60. The summed E-state index contributed by atoms with van der Waals surface area (Å²) in [5.41, 5.74) is 0.761. The van der Waals surface area contributed by atoms with E-state index in [4.69, 9.17) is 4.74 Å². The smallest absolute Gasteiger partial charge is 0.315 e. The predicted molar refractivity (Wildman–Crippen MR) is 92.3 cm³/mol. The number of nitrogens with one attached hydrogen (secondary N) is 2. The normalized spacial score (nSPS) is 16.0. The predicted octanol–water partition coefficient (Wildman–Crippen LogP) is 2.66. The van der Waals surface area contributed by atoms with Crippen molar-refractivity contribution in [2.45, 2.75) is 38.8 Å². The largest absolute Gasteiger partial charge is 0.382 e. The first-order valence-corrected chi connectivity index (χ1v) is 8.87. The Balaban J connectivity index is 1.64. The van der Waals surface area contributed by atoms with Crippen LogP contribution in [-0.4, -0.2) is 49.8 Å². The second-order valence-electron chi connectivity index (χ2n) is 6.25. The zero-order chi connectivity index (χ0) is 18.1. The molecule has 1 aliphatic heterocycles. The molecule has 25 heavy (non-hydrogen) atoms. The molecule has 0 bridgehead atoms. The van der Waals surface area contributed by atoms with Gasteiger partial charge < -0.3 is 15.4 Å². The molecule has 0 saturated carbocycles. The lowest BCUT2D eigenvalue weighted by Crippen LogP contribution is -2.47. The number of amides is 2. The molecule has 0 aliphatic carbocycles. The van der Waals surface area contributed by atoms with E-state index in [1.165, 1.54) is 6.07 Å². The third-order valence-corrected chi connectivity index (χ3v) is 4.27. The van der Waals surface area contributed by atoms with Crippen LogP contribution in [0.3, 0.4) is 0 Å². The van der Waals surface area contributed by atoms with Crippen LogP contribution in [0.5, 0.6) is 0 Å². The Hall–Kier alpha value is -1.73. The van der Waals surface area contributed by atoms with Crippen LogP contribution in [0.15, 0.2) is 18.2 Å². The van der Waals surface area contributed by atoms with Gasteiger partial charge >= 0.3 is 6.03 Å². The van der Waals surface area contributed by atoms with Gasteiger partial charge in [0, 0.05) is 45.4 Å². The first kappa shape index (κ1) is 19.6. The molecule has 0 spiro atoms. The fraction of sp³-hybridized carbons (Fsp3) is 0.611. The zero-order valence-corrected chi connectivity index (χ0v) is 14.7. The van der Waals surface area contributed by atoms with E-state index in [-0.39, 0.29) is 12.1 Å². The maximum Gasteiger partial charge on any atom is 0.315 e. The second kappa shape index (κ2) is 10.3. The van der Waals surface area contributed by atoms with E-state index in [1.54, 1.807) is 6.07 Å². The Labute approximate surface area is 147 Å². The van der Waals surface area contributed by atoms with Crippen molar-refractivity contribution in [3.05, 3.63) is 35.4 Å². The number of carbonyl (C=O) groups is 1. The lowest BCUT2D eigenvalue weighted by Gasteiger charge is -2.32. The molecule has 1 fully saturated rings. The van der Waals surface area contributed by atoms with E-state index < -0.39 is 11.6 Å². The molecular formula is C18H27F2N3O2. The van der Waals surface area contributed by atoms with Crippen molar-refractivity contribution in [2.75, 3.05) is 32.8 Å². The highest BCUT2D eigenvalue weighted by atomic mass is 19.2. The fourth-order valence-electron chi connectivity index (χ4n) is 2.89. The van der Waals surface area contributed by atoms with E-state index in [0.717, 1.165) is 44.0 Å². The van der Waals surface area contributed by atoms with Crippen molar-refractivity contribution >= 4 is 6.03 Å². The minimum absolute atomic E-state index is 0.143. The second-order valence-corrected chi connectivity index (χ2v) is 6.25. The van der Waals surface area contributed by atoms with Crippen LogP contribution in [0.4, 0.5) is 13.6 Å². The molecule has 1 aliphatic rings. The van der Waals surface area contributed by atoms with Gasteiger partial charge in [-0.25, -0.2) is 13.6 Å². The molecule has 0 unspecified atom stereocenters. The molecule has 1 saturated heterocycles. The van der Waals surface area contributed by atoms with Crippen molar-refractivity contribution in [1.82, 2.24) is 15.5 Å². The Kier molecular flexibility index (Phi) is 8.08. The summed E-state index contributed by atoms with van der Waals surface area (Å²) in [5.74, 6) is -1.63. The molecule has 5 nitrogen and oxygen atoms in total. The highest BCUT2D eigenvalue weighted by Gasteiger charge is 2.20. The van der Waals surface area contributed by atoms with Crippen molar-refractivity contribution in [3.63, 3.8) is 0 Å². The summed E-state index contributed by atoms with van der Waals surface area (Å²) in [5, 5.41) is 5.81. The lowest BCUT2D eigenvalue weighted by atomic mass is 10.0. The summed E-state index contributed by atoms with van der Waals surface area (Å²) in [6, 6.07) is 4.02. The number of carbonyl (C=O) groups excluding carboxylic acids is 1. The number of likely N-dealkylation sites (tertiary alicyclic amines) is 1. The number of ether oxygens (including phenoxy) is 1. The van der Waals surface area contributed by atoms with Crippen LogP contribution in [0.1, 0.15) is 31.7 Å². The molecule has 1 heterocycles. The van der Waals surface area contributed by atoms with Gasteiger partial charge in [0.25, 0.3) is 0 Å². The van der Waals surface area contributed by atoms with Gasteiger partial charge in [0.15, 0.2) is 11.6 Å². The lowest BCUT2D eigenvalue weighted by molar-refractivity contribution is 0.144. The Morgan fingerprint density at radius 3 is 2.72 bits per heavy atom. The molecule has 2 amide bonds. The Morgan fingerprint density at radius 2 is 2.04 bits per heavy atom. The van der Waals surface area contributed by atoms with Gasteiger partial charge in [0.1, 0.15) is 0 Å². The van der Waals surface area contributed by atoms with Crippen LogP contribution in [0, 0.1) is 11.6 Å². The van der Waals surface area contributed by atoms with Gasteiger partial charge in [-0.2, -0.15) is 0 Å². The molecule has 2 N–H and O–H groups in total. The third-order valence-electron chi connectivity index (χ3n) is 4.27. The Morgan fingerprint density at radius 1 is 1.28 bits per heavy atom. The molecule has 0 radical (unpaired) electrons. The van der Waals surface area contributed by atoms with Gasteiger partial charge in [-0.05, 0) is 43.9 Å². The summed E-state index contributed by atoms with van der Waals surface area (Å²) in [6.07, 6.45) is 2.49. The summed E-state index contributed by atoms with van der Waals surface area (Å²) < 4.78 is 31.4. The maximum absolute atomic E-state index is 13.3. The number of benzene rings is 1. The quantitative estimate of drug-likeness (QED) is 0.705. The highest BCUT2D eigenvalue weighted by molar-refractivity contribution is 5.74. The van der Waals surface area contributed by atoms with Crippen LogP contribution in [0.25, 0.3) is 0 Å². The Bertz CT molecular complexity index is 549. The molecular weight excluding hydrogens is 328 g/mol. The van der Waals surface area contributed by atoms with E-state index in [2.05, 4.69) is 15.5 Å². The van der Waals surface area contributed by atoms with Crippen molar-refractivity contribution in [3.8, 4) is 0 Å². The molecule has 0 aromatic heterocycles.